The highest BCUT2D eigenvalue weighted by molar-refractivity contribution is 5.97. The minimum Gasteiger partial charge on any atom is -0.347 e. The van der Waals surface area contributed by atoms with Crippen LogP contribution in [0.1, 0.15) is 31.2 Å². The minimum absolute atomic E-state index is 0.692. The lowest BCUT2D eigenvalue weighted by atomic mass is 10.0. The van der Waals surface area contributed by atoms with Gasteiger partial charge in [-0.05, 0) is 68.7 Å². The van der Waals surface area contributed by atoms with Crippen LogP contribution in [-0.4, -0.2) is 34.1 Å². The molecule has 1 aliphatic rings. The third-order valence-corrected chi connectivity index (χ3v) is 6.49. The Balaban J connectivity index is 1.48. The summed E-state index contributed by atoms with van der Waals surface area (Å²) in [4.78, 5) is 7.13. The fourth-order valence-electron chi connectivity index (χ4n) is 4.81. The Morgan fingerprint density at radius 3 is 2.47 bits per heavy atom. The van der Waals surface area contributed by atoms with E-state index in [0.29, 0.717) is 5.56 Å². The van der Waals surface area contributed by atoms with Crippen molar-refractivity contribution in [3.8, 4) is 28.3 Å². The first kappa shape index (κ1) is 20.5. The van der Waals surface area contributed by atoms with E-state index in [2.05, 4.69) is 63.1 Å². The Kier molecular flexibility index (Phi) is 6.00. The van der Waals surface area contributed by atoms with Gasteiger partial charge in [0.1, 0.15) is 0 Å². The molecule has 160 valence electrons. The molecule has 4 nitrogen and oxygen atoms in total. The highest BCUT2D eigenvalue weighted by Gasteiger charge is 2.14. The van der Waals surface area contributed by atoms with Crippen molar-refractivity contribution in [3.05, 3.63) is 78.8 Å². The van der Waals surface area contributed by atoms with E-state index in [1.165, 1.54) is 37.9 Å². The number of piperidine rings is 1. The molecule has 2 aromatic carbocycles. The summed E-state index contributed by atoms with van der Waals surface area (Å²) in [5.41, 5.74) is 6.36. The second kappa shape index (κ2) is 9.38. The Morgan fingerprint density at radius 1 is 0.844 bits per heavy atom. The molecule has 0 radical (unpaired) electrons. The summed E-state index contributed by atoms with van der Waals surface area (Å²) in [6.07, 6.45) is 11.3. The van der Waals surface area contributed by atoms with Gasteiger partial charge in [-0.3, -0.25) is 4.98 Å². The van der Waals surface area contributed by atoms with Gasteiger partial charge in [0.15, 0.2) is 0 Å². The van der Waals surface area contributed by atoms with Crippen LogP contribution in [0.15, 0.2) is 73.2 Å². The molecule has 0 unspecified atom stereocenters. The van der Waals surface area contributed by atoms with Crippen molar-refractivity contribution in [2.45, 2.75) is 32.2 Å². The van der Waals surface area contributed by atoms with Gasteiger partial charge in [0.05, 0.1) is 11.6 Å². The Hall–Kier alpha value is -3.42. The maximum absolute atomic E-state index is 9.47. The molecule has 2 aromatic heterocycles. The van der Waals surface area contributed by atoms with Crippen LogP contribution in [0.25, 0.3) is 33.2 Å². The van der Waals surface area contributed by atoms with Gasteiger partial charge < -0.3 is 9.47 Å². The highest BCUT2D eigenvalue weighted by atomic mass is 15.1. The summed E-state index contributed by atoms with van der Waals surface area (Å²) in [7, 11) is 0. The molecule has 1 aliphatic heterocycles. The van der Waals surface area contributed by atoms with E-state index in [-0.39, 0.29) is 0 Å². The molecule has 0 bridgehead atoms. The minimum atomic E-state index is 0.692. The predicted octanol–water partition coefficient (Wildman–Crippen LogP) is 6.12. The number of hydrogen-bond acceptors (Lipinski definition) is 3. The van der Waals surface area contributed by atoms with Crippen molar-refractivity contribution in [2.24, 2.45) is 0 Å². The van der Waals surface area contributed by atoms with Crippen molar-refractivity contribution in [1.29, 1.82) is 5.26 Å². The molecule has 0 aliphatic carbocycles. The quantitative estimate of drug-likeness (QED) is 0.378. The largest absolute Gasteiger partial charge is 0.347 e. The SMILES string of the molecule is N#Cc1ccc2c(c1)c(-c1cncc(-c3ccccc3)c1)cn2CCCN1CCCCC1. The average Bonchev–Trinajstić information content (AvgIpc) is 3.23. The second-order valence-electron chi connectivity index (χ2n) is 8.66. The molecule has 0 saturated carbocycles. The van der Waals surface area contributed by atoms with Crippen LogP contribution in [-0.2, 0) is 6.54 Å². The monoisotopic (exact) mass is 420 g/mol. The summed E-state index contributed by atoms with van der Waals surface area (Å²) in [6.45, 7) is 4.60. The maximum atomic E-state index is 9.47. The number of likely N-dealkylation sites (tertiary alicyclic amines) is 1. The Morgan fingerprint density at radius 2 is 1.66 bits per heavy atom. The van der Waals surface area contributed by atoms with Crippen LogP contribution < -0.4 is 0 Å². The van der Waals surface area contributed by atoms with E-state index >= 15 is 0 Å². The fraction of sp³-hybridized carbons (Fsp3) is 0.286. The second-order valence-corrected chi connectivity index (χ2v) is 8.66. The van der Waals surface area contributed by atoms with E-state index in [1.54, 1.807) is 0 Å². The molecule has 4 aromatic rings. The molecule has 0 N–H and O–H groups in total. The smallest absolute Gasteiger partial charge is 0.0991 e. The average molecular weight is 421 g/mol. The molecule has 3 heterocycles. The van der Waals surface area contributed by atoms with Crippen molar-refractivity contribution in [1.82, 2.24) is 14.5 Å². The van der Waals surface area contributed by atoms with Crippen molar-refractivity contribution in [2.75, 3.05) is 19.6 Å². The van der Waals surface area contributed by atoms with Gasteiger partial charge in [0.25, 0.3) is 0 Å². The number of rotatable bonds is 6. The number of aryl methyl sites for hydroxylation is 1. The van der Waals surface area contributed by atoms with Gasteiger partial charge in [-0.25, -0.2) is 0 Å². The predicted molar refractivity (Wildman–Crippen MR) is 130 cm³/mol. The van der Waals surface area contributed by atoms with Crippen molar-refractivity contribution >= 4 is 10.9 Å². The Labute approximate surface area is 189 Å². The summed E-state index contributed by atoms with van der Waals surface area (Å²) in [5.74, 6) is 0. The van der Waals surface area contributed by atoms with E-state index < -0.39 is 0 Å². The number of nitriles is 1. The molecule has 0 spiro atoms. The zero-order valence-electron chi connectivity index (χ0n) is 18.4. The van der Waals surface area contributed by atoms with Crippen LogP contribution in [0, 0.1) is 11.3 Å². The van der Waals surface area contributed by atoms with Crippen LogP contribution >= 0.6 is 0 Å². The van der Waals surface area contributed by atoms with Crippen LogP contribution in [0.4, 0.5) is 0 Å². The maximum Gasteiger partial charge on any atom is 0.0991 e. The number of aromatic nitrogens is 2. The summed E-state index contributed by atoms with van der Waals surface area (Å²) >= 11 is 0. The zero-order valence-corrected chi connectivity index (χ0v) is 18.4. The molecule has 32 heavy (non-hydrogen) atoms. The molecule has 4 heteroatoms. The van der Waals surface area contributed by atoms with E-state index in [0.717, 1.165) is 47.2 Å². The van der Waals surface area contributed by atoms with Crippen LogP contribution in [0.5, 0.6) is 0 Å². The third-order valence-electron chi connectivity index (χ3n) is 6.49. The molecule has 1 saturated heterocycles. The van der Waals surface area contributed by atoms with Crippen LogP contribution in [0.3, 0.4) is 0 Å². The standard InChI is InChI=1S/C28H28N4/c29-18-22-10-11-28-26(16-22)27(21-32(28)15-7-14-31-12-5-2-6-13-31)25-17-24(19-30-20-25)23-8-3-1-4-9-23/h1,3-4,8-11,16-17,19-21H,2,5-7,12-15H2. The molecule has 1 fully saturated rings. The first-order valence-electron chi connectivity index (χ1n) is 11.6. The topological polar surface area (TPSA) is 44.9 Å². The number of pyridine rings is 1. The molecule has 0 amide bonds. The summed E-state index contributed by atoms with van der Waals surface area (Å²) < 4.78 is 2.35. The molecular formula is C28H28N4. The fourth-order valence-corrected chi connectivity index (χ4v) is 4.81. The molecule has 5 rings (SSSR count). The van der Waals surface area contributed by atoms with Crippen LogP contribution in [0.2, 0.25) is 0 Å². The van der Waals surface area contributed by atoms with E-state index in [1.807, 2.05) is 30.6 Å². The first-order valence-corrected chi connectivity index (χ1v) is 11.6. The van der Waals surface area contributed by atoms with Gasteiger partial charge >= 0.3 is 0 Å². The van der Waals surface area contributed by atoms with Gasteiger partial charge in [0, 0.05) is 52.7 Å². The summed E-state index contributed by atoms with van der Waals surface area (Å²) in [6, 6.07) is 20.9. The zero-order chi connectivity index (χ0) is 21.8. The van der Waals surface area contributed by atoms with Crippen molar-refractivity contribution < 1.29 is 0 Å². The lowest BCUT2D eigenvalue weighted by molar-refractivity contribution is 0.223. The lowest BCUT2D eigenvalue weighted by Gasteiger charge is -2.26. The normalized spacial score (nSPS) is 14.5. The number of hydrogen-bond donors (Lipinski definition) is 0. The third kappa shape index (κ3) is 4.30. The Bertz CT molecular complexity index is 1240. The molecule has 0 atom stereocenters. The number of nitrogens with zero attached hydrogens (tertiary/aromatic N) is 4. The number of benzene rings is 2. The molecular weight excluding hydrogens is 392 g/mol. The van der Waals surface area contributed by atoms with Gasteiger partial charge in [-0.15, -0.1) is 0 Å². The highest BCUT2D eigenvalue weighted by Crippen LogP contribution is 2.33. The van der Waals surface area contributed by atoms with E-state index in [4.69, 9.17) is 0 Å². The van der Waals surface area contributed by atoms with E-state index in [9.17, 15) is 5.26 Å². The van der Waals surface area contributed by atoms with Gasteiger partial charge in [-0.1, -0.05) is 36.8 Å². The lowest BCUT2D eigenvalue weighted by Crippen LogP contribution is -2.31. The van der Waals surface area contributed by atoms with Crippen molar-refractivity contribution in [3.63, 3.8) is 0 Å². The van der Waals surface area contributed by atoms with Gasteiger partial charge in [0.2, 0.25) is 0 Å². The number of fused-ring (bicyclic) bond motifs is 1. The first-order chi connectivity index (χ1) is 15.8. The van der Waals surface area contributed by atoms with Gasteiger partial charge in [-0.2, -0.15) is 5.26 Å². The summed E-state index contributed by atoms with van der Waals surface area (Å²) in [5, 5.41) is 10.6.